The number of esters is 1. The highest BCUT2D eigenvalue weighted by atomic mass is 28.4. The van der Waals surface area contributed by atoms with Gasteiger partial charge in [-0.15, -0.1) is 0 Å². The van der Waals surface area contributed by atoms with Crippen molar-refractivity contribution in [1.82, 2.24) is 0 Å². The van der Waals surface area contributed by atoms with Crippen molar-refractivity contribution < 1.29 is 18.4 Å². The lowest BCUT2D eigenvalue weighted by Gasteiger charge is -2.27. The van der Waals surface area contributed by atoms with Crippen LogP contribution in [0.5, 0.6) is 0 Å². The second-order valence-corrected chi connectivity index (χ2v) is 15.4. The van der Waals surface area contributed by atoms with Crippen molar-refractivity contribution in [2.24, 2.45) is 0 Å². The molecule has 1 rings (SSSR count). The Hall–Kier alpha value is -0.176. The molecule has 0 bridgehead atoms. The molecule has 0 radical (unpaired) electrons. The molecule has 6 heteroatoms. The summed E-state index contributed by atoms with van der Waals surface area (Å²) in [6, 6.07) is 0. The number of cyclic esters (lactones) is 1. The van der Waals surface area contributed by atoms with Crippen LogP contribution in [0, 0.1) is 0 Å². The van der Waals surface area contributed by atoms with E-state index in [0.717, 1.165) is 0 Å². The van der Waals surface area contributed by atoms with Gasteiger partial charge < -0.3 is 13.6 Å². The SMILES string of the molecule is C[Si](C)(C)OC[C@@H]1OC(=O)C[C@H]1O[Si](C)(C)C. The van der Waals surface area contributed by atoms with Crippen LogP contribution in [0.25, 0.3) is 0 Å². The van der Waals surface area contributed by atoms with Crippen molar-refractivity contribution >= 4 is 22.6 Å². The third kappa shape index (κ3) is 5.80. The number of rotatable bonds is 5. The average molecular weight is 276 g/mol. The Morgan fingerprint density at radius 3 is 2.24 bits per heavy atom. The quantitative estimate of drug-likeness (QED) is 0.571. The lowest BCUT2D eigenvalue weighted by molar-refractivity contribution is -0.142. The Balaban J connectivity index is 2.54. The molecule has 0 aromatic rings. The summed E-state index contributed by atoms with van der Waals surface area (Å²) in [7, 11) is -3.22. The van der Waals surface area contributed by atoms with Gasteiger partial charge in [0, 0.05) is 0 Å². The van der Waals surface area contributed by atoms with E-state index in [2.05, 4.69) is 39.3 Å². The first-order chi connectivity index (χ1) is 7.57. The van der Waals surface area contributed by atoms with Crippen molar-refractivity contribution in [3.63, 3.8) is 0 Å². The van der Waals surface area contributed by atoms with Crippen molar-refractivity contribution in [3.8, 4) is 0 Å². The molecule has 0 unspecified atom stereocenters. The van der Waals surface area contributed by atoms with Crippen molar-refractivity contribution in [3.05, 3.63) is 0 Å². The molecule has 0 saturated carbocycles. The fraction of sp³-hybridized carbons (Fsp3) is 0.909. The second kappa shape index (κ2) is 5.21. The topological polar surface area (TPSA) is 44.8 Å². The summed E-state index contributed by atoms with van der Waals surface area (Å²) >= 11 is 0. The van der Waals surface area contributed by atoms with Crippen molar-refractivity contribution in [1.29, 1.82) is 0 Å². The van der Waals surface area contributed by atoms with Gasteiger partial charge in [0.05, 0.1) is 19.1 Å². The highest BCUT2D eigenvalue weighted by Crippen LogP contribution is 2.23. The first kappa shape index (κ1) is 14.9. The minimum absolute atomic E-state index is 0.120. The van der Waals surface area contributed by atoms with Gasteiger partial charge in [0.15, 0.2) is 16.6 Å². The van der Waals surface area contributed by atoms with Gasteiger partial charge in [0.2, 0.25) is 0 Å². The molecule has 0 spiro atoms. The Kier molecular flexibility index (Phi) is 4.56. The molecule has 1 heterocycles. The number of hydrogen-bond acceptors (Lipinski definition) is 4. The highest BCUT2D eigenvalue weighted by molar-refractivity contribution is 6.70. The summed E-state index contributed by atoms with van der Waals surface area (Å²) in [5.41, 5.74) is 0. The van der Waals surface area contributed by atoms with Crippen LogP contribution in [0.4, 0.5) is 0 Å². The predicted molar refractivity (Wildman–Crippen MR) is 72.0 cm³/mol. The van der Waals surface area contributed by atoms with E-state index in [0.29, 0.717) is 13.0 Å². The molecule has 0 aromatic heterocycles. The van der Waals surface area contributed by atoms with Crippen molar-refractivity contribution in [2.45, 2.75) is 57.9 Å². The molecule has 17 heavy (non-hydrogen) atoms. The van der Waals surface area contributed by atoms with Gasteiger partial charge in [-0.1, -0.05) is 0 Å². The van der Waals surface area contributed by atoms with Gasteiger partial charge >= 0.3 is 5.97 Å². The van der Waals surface area contributed by atoms with Gasteiger partial charge in [-0.05, 0) is 39.3 Å². The zero-order valence-corrected chi connectivity index (χ0v) is 13.7. The van der Waals surface area contributed by atoms with E-state index < -0.39 is 16.6 Å². The van der Waals surface area contributed by atoms with Crippen LogP contribution in [0.15, 0.2) is 0 Å². The van der Waals surface area contributed by atoms with E-state index in [-0.39, 0.29) is 18.2 Å². The van der Waals surface area contributed by atoms with Gasteiger partial charge in [-0.2, -0.15) is 0 Å². The van der Waals surface area contributed by atoms with Gasteiger partial charge in [0.25, 0.3) is 0 Å². The average Bonchev–Trinajstić information content (AvgIpc) is 2.38. The molecule has 4 nitrogen and oxygen atoms in total. The van der Waals surface area contributed by atoms with Crippen LogP contribution in [0.3, 0.4) is 0 Å². The fourth-order valence-electron chi connectivity index (χ4n) is 1.63. The van der Waals surface area contributed by atoms with Crippen LogP contribution in [0.1, 0.15) is 6.42 Å². The third-order valence-electron chi connectivity index (χ3n) is 2.25. The Labute approximate surface area is 106 Å². The number of ether oxygens (including phenoxy) is 1. The maximum absolute atomic E-state index is 11.3. The summed E-state index contributed by atoms with van der Waals surface area (Å²) in [5.74, 6) is -0.169. The molecule has 0 aromatic carbocycles. The van der Waals surface area contributed by atoms with Gasteiger partial charge in [-0.3, -0.25) is 4.79 Å². The van der Waals surface area contributed by atoms with E-state index in [1.165, 1.54) is 0 Å². The Morgan fingerprint density at radius 2 is 1.76 bits per heavy atom. The largest absolute Gasteiger partial charge is 0.457 e. The van der Waals surface area contributed by atoms with E-state index in [1.54, 1.807) is 0 Å². The predicted octanol–water partition coefficient (Wildman–Crippen LogP) is 2.37. The molecular formula is C11H24O4Si2. The summed E-state index contributed by atoms with van der Waals surface area (Å²) < 4.78 is 17.0. The van der Waals surface area contributed by atoms with Crippen LogP contribution in [-0.2, 0) is 18.4 Å². The van der Waals surface area contributed by atoms with Crippen LogP contribution in [-0.4, -0.2) is 41.4 Å². The fourth-order valence-corrected chi connectivity index (χ4v) is 3.44. The molecule has 1 saturated heterocycles. The molecule has 0 N–H and O–H groups in total. The number of hydrogen-bond donors (Lipinski definition) is 0. The number of carbonyl (C=O) groups is 1. The molecule has 100 valence electrons. The molecule has 0 amide bonds. The van der Waals surface area contributed by atoms with Crippen LogP contribution >= 0.6 is 0 Å². The summed E-state index contributed by atoms with van der Waals surface area (Å²) in [5, 5.41) is 0. The minimum Gasteiger partial charge on any atom is -0.457 e. The second-order valence-electron chi connectivity index (χ2n) is 6.42. The third-order valence-corrected chi connectivity index (χ3v) is 4.29. The zero-order chi connectivity index (χ0) is 13.3. The van der Waals surface area contributed by atoms with Crippen molar-refractivity contribution in [2.75, 3.05) is 6.61 Å². The normalized spacial score (nSPS) is 26.1. The molecule has 1 aliphatic rings. The molecule has 1 fully saturated rings. The molecule has 2 atom stereocenters. The lowest BCUT2D eigenvalue weighted by atomic mass is 10.2. The van der Waals surface area contributed by atoms with E-state index in [9.17, 15) is 4.79 Å². The number of carbonyl (C=O) groups excluding carboxylic acids is 1. The maximum Gasteiger partial charge on any atom is 0.308 e. The molecule has 1 aliphatic heterocycles. The van der Waals surface area contributed by atoms with E-state index >= 15 is 0 Å². The molecular weight excluding hydrogens is 252 g/mol. The van der Waals surface area contributed by atoms with Gasteiger partial charge in [-0.25, -0.2) is 0 Å². The minimum atomic E-state index is -1.64. The first-order valence-corrected chi connectivity index (χ1v) is 12.9. The van der Waals surface area contributed by atoms with Crippen LogP contribution < -0.4 is 0 Å². The first-order valence-electron chi connectivity index (χ1n) is 6.08. The maximum atomic E-state index is 11.3. The summed E-state index contributed by atoms with van der Waals surface area (Å²) in [6.07, 6.45) is 0.0238. The lowest BCUT2D eigenvalue weighted by Crippen LogP contribution is -2.40. The zero-order valence-electron chi connectivity index (χ0n) is 11.7. The monoisotopic (exact) mass is 276 g/mol. The Bertz CT molecular complexity index is 280. The Morgan fingerprint density at radius 1 is 1.18 bits per heavy atom. The summed E-state index contributed by atoms with van der Waals surface area (Å²) in [6.45, 7) is 13.2. The molecule has 0 aliphatic carbocycles. The summed E-state index contributed by atoms with van der Waals surface area (Å²) in [4.78, 5) is 11.3. The van der Waals surface area contributed by atoms with Gasteiger partial charge in [0.1, 0.15) is 6.10 Å². The standard InChI is InChI=1S/C11H24O4Si2/c1-16(2,3)13-8-10-9(7-11(12)14-10)15-17(4,5)6/h9-10H,7-8H2,1-6H3/t9-,10+/m1/s1. The smallest absolute Gasteiger partial charge is 0.308 e. The van der Waals surface area contributed by atoms with E-state index in [1.807, 2.05) is 0 Å². The van der Waals surface area contributed by atoms with E-state index in [4.69, 9.17) is 13.6 Å². The van der Waals surface area contributed by atoms with Crippen LogP contribution in [0.2, 0.25) is 39.3 Å². The highest BCUT2D eigenvalue weighted by Gasteiger charge is 2.39.